The first kappa shape index (κ1) is 16.1. The molecule has 0 atom stereocenters. The van der Waals surface area contributed by atoms with Crippen LogP contribution in [-0.4, -0.2) is 44.1 Å². The fraction of sp³-hybridized carbons (Fsp3) is 0.118. The SMILES string of the molecule is Cc1nn(Cc2nc3c4cnn(-c5ccccc5)c4ncn3n2)cc1[N+](=O)[O-]. The second kappa shape index (κ2) is 5.94. The summed E-state index contributed by atoms with van der Waals surface area (Å²) in [6, 6.07) is 9.69. The largest absolute Gasteiger partial charge is 0.309 e. The maximum Gasteiger partial charge on any atom is 0.309 e. The monoisotopic (exact) mass is 375 g/mol. The average Bonchev–Trinajstić information content (AvgIpc) is 3.38. The van der Waals surface area contributed by atoms with E-state index in [0.29, 0.717) is 22.8 Å². The lowest BCUT2D eigenvalue weighted by molar-refractivity contribution is -0.385. The minimum atomic E-state index is -0.457. The number of para-hydroxylation sites is 1. The van der Waals surface area contributed by atoms with Gasteiger partial charge in [0, 0.05) is 0 Å². The summed E-state index contributed by atoms with van der Waals surface area (Å²) in [5.41, 5.74) is 2.50. The Labute approximate surface area is 157 Å². The maximum atomic E-state index is 11.0. The van der Waals surface area contributed by atoms with Crippen molar-refractivity contribution in [2.24, 2.45) is 0 Å². The van der Waals surface area contributed by atoms with Gasteiger partial charge in [0.15, 0.2) is 17.1 Å². The lowest BCUT2D eigenvalue weighted by Gasteiger charge is -2.01. The number of hydrogen-bond acceptors (Lipinski definition) is 7. The first-order valence-electron chi connectivity index (χ1n) is 8.42. The van der Waals surface area contributed by atoms with Crippen molar-refractivity contribution in [1.82, 2.24) is 39.1 Å². The number of benzene rings is 1. The van der Waals surface area contributed by atoms with E-state index in [1.54, 1.807) is 28.6 Å². The summed E-state index contributed by atoms with van der Waals surface area (Å²) in [6.07, 6.45) is 4.65. The van der Waals surface area contributed by atoms with Gasteiger partial charge in [-0.15, -0.1) is 5.10 Å². The second-order valence-corrected chi connectivity index (χ2v) is 6.22. The van der Waals surface area contributed by atoms with Crippen LogP contribution in [0.1, 0.15) is 11.5 Å². The predicted octanol–water partition coefficient (Wildman–Crippen LogP) is 1.92. The molecule has 0 fully saturated rings. The molecule has 5 rings (SSSR count). The second-order valence-electron chi connectivity index (χ2n) is 6.22. The lowest BCUT2D eigenvalue weighted by atomic mass is 10.3. The molecule has 0 saturated carbocycles. The third-order valence-corrected chi connectivity index (χ3v) is 4.37. The van der Waals surface area contributed by atoms with Crippen molar-refractivity contribution in [3.05, 3.63) is 70.7 Å². The molecule has 0 amide bonds. The van der Waals surface area contributed by atoms with Gasteiger partial charge in [0.1, 0.15) is 24.8 Å². The van der Waals surface area contributed by atoms with Crippen LogP contribution < -0.4 is 0 Å². The number of aryl methyl sites for hydroxylation is 1. The van der Waals surface area contributed by atoms with Gasteiger partial charge >= 0.3 is 5.69 Å². The molecule has 5 aromatic rings. The van der Waals surface area contributed by atoms with Gasteiger partial charge in [-0.2, -0.15) is 10.2 Å². The highest BCUT2D eigenvalue weighted by atomic mass is 16.6. The molecule has 4 aromatic heterocycles. The Kier molecular flexibility index (Phi) is 3.41. The van der Waals surface area contributed by atoms with Crippen LogP contribution in [0.3, 0.4) is 0 Å². The topological polar surface area (TPSA) is 122 Å². The van der Waals surface area contributed by atoms with Crippen molar-refractivity contribution in [2.75, 3.05) is 0 Å². The smallest absolute Gasteiger partial charge is 0.258 e. The van der Waals surface area contributed by atoms with Crippen molar-refractivity contribution in [3.63, 3.8) is 0 Å². The molecule has 0 aliphatic heterocycles. The van der Waals surface area contributed by atoms with Crippen molar-refractivity contribution in [1.29, 1.82) is 0 Å². The van der Waals surface area contributed by atoms with Gasteiger partial charge in [-0.3, -0.25) is 14.8 Å². The summed E-state index contributed by atoms with van der Waals surface area (Å²) >= 11 is 0. The molecule has 4 heterocycles. The Bertz CT molecular complexity index is 1330. The van der Waals surface area contributed by atoms with Crippen LogP contribution in [0.2, 0.25) is 0 Å². The summed E-state index contributed by atoms with van der Waals surface area (Å²) in [4.78, 5) is 19.5. The van der Waals surface area contributed by atoms with Crippen LogP contribution in [0.15, 0.2) is 49.1 Å². The summed E-state index contributed by atoms with van der Waals surface area (Å²) in [7, 11) is 0. The third kappa shape index (κ3) is 2.48. The normalized spacial score (nSPS) is 11.5. The Hall–Kier alpha value is -4.15. The molecule has 0 N–H and O–H groups in total. The van der Waals surface area contributed by atoms with E-state index in [-0.39, 0.29) is 12.2 Å². The number of aromatic nitrogens is 8. The molecule has 28 heavy (non-hydrogen) atoms. The summed E-state index contributed by atoms with van der Waals surface area (Å²) < 4.78 is 4.77. The van der Waals surface area contributed by atoms with Crippen molar-refractivity contribution >= 4 is 22.4 Å². The van der Waals surface area contributed by atoms with E-state index in [1.165, 1.54) is 10.9 Å². The highest BCUT2D eigenvalue weighted by Crippen LogP contribution is 2.20. The van der Waals surface area contributed by atoms with Gasteiger partial charge in [0.2, 0.25) is 0 Å². The first-order valence-corrected chi connectivity index (χ1v) is 8.42. The zero-order valence-electron chi connectivity index (χ0n) is 14.7. The summed E-state index contributed by atoms with van der Waals surface area (Å²) in [6.45, 7) is 1.81. The molecule has 0 saturated heterocycles. The fourth-order valence-corrected chi connectivity index (χ4v) is 3.10. The molecule has 0 unspecified atom stereocenters. The molecule has 138 valence electrons. The Morgan fingerprint density at radius 3 is 2.71 bits per heavy atom. The van der Waals surface area contributed by atoms with Crippen LogP contribution in [0.5, 0.6) is 0 Å². The lowest BCUT2D eigenvalue weighted by Crippen LogP contribution is -2.02. The van der Waals surface area contributed by atoms with Gasteiger partial charge in [0.25, 0.3) is 0 Å². The minimum absolute atomic E-state index is 0.0306. The Morgan fingerprint density at radius 2 is 1.96 bits per heavy atom. The van der Waals surface area contributed by atoms with E-state index < -0.39 is 4.92 Å². The van der Waals surface area contributed by atoms with Crippen LogP contribution in [-0.2, 0) is 6.54 Å². The highest BCUT2D eigenvalue weighted by Gasteiger charge is 2.17. The Balaban J connectivity index is 1.56. The molecule has 0 radical (unpaired) electrons. The van der Waals surface area contributed by atoms with Crippen LogP contribution in [0, 0.1) is 17.0 Å². The predicted molar refractivity (Wildman–Crippen MR) is 98.1 cm³/mol. The van der Waals surface area contributed by atoms with Gasteiger partial charge in [-0.25, -0.2) is 19.2 Å². The molecule has 1 aromatic carbocycles. The van der Waals surface area contributed by atoms with E-state index in [9.17, 15) is 10.1 Å². The average molecular weight is 375 g/mol. The van der Waals surface area contributed by atoms with E-state index >= 15 is 0 Å². The number of rotatable bonds is 4. The van der Waals surface area contributed by atoms with E-state index in [1.807, 2.05) is 30.3 Å². The third-order valence-electron chi connectivity index (χ3n) is 4.37. The van der Waals surface area contributed by atoms with E-state index in [0.717, 1.165) is 11.1 Å². The van der Waals surface area contributed by atoms with Gasteiger partial charge in [-0.1, -0.05) is 18.2 Å². The molecule has 11 heteroatoms. The summed E-state index contributed by atoms with van der Waals surface area (Å²) in [5.74, 6) is 0.471. The zero-order chi connectivity index (χ0) is 19.3. The highest BCUT2D eigenvalue weighted by molar-refractivity contribution is 5.89. The molecule has 0 aliphatic carbocycles. The molecular formula is C17H13N9O2. The zero-order valence-corrected chi connectivity index (χ0v) is 14.7. The molecule has 0 bridgehead atoms. The standard InChI is InChI=1S/C17H13N9O2/c1-11-14(26(27)28)8-23(21-11)9-15-20-17-13-7-19-25(12-5-3-2-4-6-12)16(13)18-10-24(17)22-15/h2-8,10H,9H2,1H3. The number of fused-ring (bicyclic) bond motifs is 3. The van der Waals surface area contributed by atoms with Gasteiger partial charge in [0.05, 0.1) is 22.2 Å². The minimum Gasteiger partial charge on any atom is -0.258 e. The molecular weight excluding hydrogens is 362 g/mol. The van der Waals surface area contributed by atoms with Crippen molar-refractivity contribution < 1.29 is 4.92 Å². The van der Waals surface area contributed by atoms with E-state index in [4.69, 9.17) is 0 Å². The van der Waals surface area contributed by atoms with Crippen LogP contribution in [0.25, 0.3) is 22.4 Å². The van der Waals surface area contributed by atoms with Gasteiger partial charge < -0.3 is 0 Å². The molecule has 0 aliphatic rings. The maximum absolute atomic E-state index is 11.0. The number of hydrogen-bond donors (Lipinski definition) is 0. The Morgan fingerprint density at radius 1 is 1.14 bits per heavy atom. The number of nitro groups is 1. The van der Waals surface area contributed by atoms with Crippen LogP contribution >= 0.6 is 0 Å². The fourth-order valence-electron chi connectivity index (χ4n) is 3.10. The number of nitrogens with zero attached hydrogens (tertiary/aromatic N) is 9. The van der Waals surface area contributed by atoms with Crippen LogP contribution in [0.4, 0.5) is 5.69 Å². The van der Waals surface area contributed by atoms with Crippen molar-refractivity contribution in [3.8, 4) is 5.69 Å². The summed E-state index contributed by atoms with van der Waals surface area (Å²) in [5, 5.41) is 24.7. The molecule has 0 spiro atoms. The molecule has 11 nitrogen and oxygen atoms in total. The first-order chi connectivity index (χ1) is 13.6. The quantitative estimate of drug-likeness (QED) is 0.347. The van der Waals surface area contributed by atoms with Gasteiger partial charge in [-0.05, 0) is 19.1 Å². The van der Waals surface area contributed by atoms with E-state index in [2.05, 4.69) is 25.3 Å². The van der Waals surface area contributed by atoms with Crippen molar-refractivity contribution in [2.45, 2.75) is 13.5 Å².